The van der Waals surface area contributed by atoms with Gasteiger partial charge in [0.05, 0.1) is 0 Å². The van der Waals surface area contributed by atoms with Crippen LogP contribution in [0.4, 0.5) is 0 Å². The average molecular weight is 212 g/mol. The number of nitrogens with zero attached hydrogens (tertiary/aromatic N) is 1. The molecule has 15 heavy (non-hydrogen) atoms. The molecule has 0 aromatic heterocycles. The monoisotopic (exact) mass is 212 g/mol. The van der Waals surface area contributed by atoms with Crippen LogP contribution in [0.1, 0.15) is 40.0 Å². The van der Waals surface area contributed by atoms with Crippen molar-refractivity contribution in [3.05, 3.63) is 0 Å². The van der Waals surface area contributed by atoms with Crippen LogP contribution in [0, 0.1) is 11.8 Å². The maximum absolute atomic E-state index is 3.80. The number of hydrogen-bond donors (Lipinski definition) is 1. The van der Waals surface area contributed by atoms with Crippen molar-refractivity contribution in [3.63, 3.8) is 0 Å². The maximum Gasteiger partial charge on any atom is 0.0199 e. The molecule has 0 spiro atoms. The Morgan fingerprint density at radius 2 is 1.87 bits per heavy atom. The summed E-state index contributed by atoms with van der Waals surface area (Å²) in [6.07, 6.45) is 4.05. The number of rotatable bonds is 6. The molecule has 1 saturated carbocycles. The Balaban J connectivity index is 2.28. The van der Waals surface area contributed by atoms with Gasteiger partial charge in [-0.3, -0.25) is 0 Å². The minimum absolute atomic E-state index is 0.678. The molecule has 1 atom stereocenters. The number of hydrogen-bond acceptors (Lipinski definition) is 2. The third-order valence-electron chi connectivity index (χ3n) is 3.19. The summed E-state index contributed by atoms with van der Waals surface area (Å²) in [5.41, 5.74) is 0. The van der Waals surface area contributed by atoms with Crippen LogP contribution in [0.5, 0.6) is 0 Å². The number of nitrogens with one attached hydrogen (secondary N) is 1. The van der Waals surface area contributed by atoms with E-state index >= 15 is 0 Å². The van der Waals surface area contributed by atoms with Gasteiger partial charge in [0, 0.05) is 18.6 Å². The SMILES string of the molecule is CC(C)CC(CN(C)C)NC1CC(C)C1. The Labute approximate surface area is 95.4 Å². The van der Waals surface area contributed by atoms with Crippen LogP contribution >= 0.6 is 0 Å². The Bertz CT molecular complexity index is 161. The van der Waals surface area contributed by atoms with Crippen LogP contribution in [0.2, 0.25) is 0 Å². The second kappa shape index (κ2) is 5.86. The minimum Gasteiger partial charge on any atom is -0.310 e. The van der Waals surface area contributed by atoms with Gasteiger partial charge in [0.2, 0.25) is 0 Å². The third kappa shape index (κ3) is 4.98. The van der Waals surface area contributed by atoms with E-state index in [9.17, 15) is 0 Å². The van der Waals surface area contributed by atoms with Gasteiger partial charge < -0.3 is 10.2 Å². The van der Waals surface area contributed by atoms with E-state index in [1.165, 1.54) is 25.8 Å². The summed E-state index contributed by atoms with van der Waals surface area (Å²) in [6.45, 7) is 8.14. The molecule has 2 nitrogen and oxygen atoms in total. The van der Waals surface area contributed by atoms with Crippen molar-refractivity contribution in [2.45, 2.75) is 52.1 Å². The Morgan fingerprint density at radius 1 is 1.27 bits per heavy atom. The summed E-state index contributed by atoms with van der Waals surface area (Å²) in [4.78, 5) is 2.29. The van der Waals surface area contributed by atoms with Gasteiger partial charge in [0.15, 0.2) is 0 Å². The summed E-state index contributed by atoms with van der Waals surface area (Å²) < 4.78 is 0. The summed E-state index contributed by atoms with van der Waals surface area (Å²) in [6, 6.07) is 1.47. The molecule has 1 unspecified atom stereocenters. The highest BCUT2D eigenvalue weighted by Gasteiger charge is 2.27. The van der Waals surface area contributed by atoms with E-state index in [4.69, 9.17) is 0 Å². The molecule has 1 rings (SSSR count). The fraction of sp³-hybridized carbons (Fsp3) is 1.00. The van der Waals surface area contributed by atoms with Crippen LogP contribution in [0.25, 0.3) is 0 Å². The molecule has 0 heterocycles. The molecule has 0 aromatic carbocycles. The van der Waals surface area contributed by atoms with Crippen LogP contribution in [0.15, 0.2) is 0 Å². The summed E-state index contributed by atoms with van der Waals surface area (Å²) in [7, 11) is 4.33. The van der Waals surface area contributed by atoms with Crippen molar-refractivity contribution in [2.75, 3.05) is 20.6 Å². The molecule has 0 aliphatic heterocycles. The van der Waals surface area contributed by atoms with E-state index in [-0.39, 0.29) is 0 Å². The normalized spacial score (nSPS) is 28.2. The first-order chi connectivity index (χ1) is 6.97. The van der Waals surface area contributed by atoms with Crippen molar-refractivity contribution in [3.8, 4) is 0 Å². The zero-order valence-electron chi connectivity index (χ0n) is 11.1. The summed E-state index contributed by atoms with van der Waals surface area (Å²) >= 11 is 0. The molecule has 1 aliphatic rings. The highest BCUT2D eigenvalue weighted by Crippen LogP contribution is 2.27. The average Bonchev–Trinajstić information content (AvgIpc) is 1.98. The lowest BCUT2D eigenvalue weighted by molar-refractivity contribution is 0.195. The smallest absolute Gasteiger partial charge is 0.0199 e. The quantitative estimate of drug-likeness (QED) is 0.727. The lowest BCUT2D eigenvalue weighted by Crippen LogP contribution is -2.49. The second-order valence-corrected chi connectivity index (χ2v) is 6.03. The van der Waals surface area contributed by atoms with E-state index in [1.807, 2.05) is 0 Å². The van der Waals surface area contributed by atoms with Gasteiger partial charge >= 0.3 is 0 Å². The van der Waals surface area contributed by atoms with Gasteiger partial charge in [-0.05, 0) is 45.2 Å². The number of likely N-dealkylation sites (N-methyl/N-ethyl adjacent to an activating group) is 1. The van der Waals surface area contributed by atoms with Crippen molar-refractivity contribution < 1.29 is 0 Å². The molecule has 2 heteroatoms. The molecule has 0 radical (unpaired) electrons. The summed E-state index contributed by atoms with van der Waals surface area (Å²) in [5.74, 6) is 1.74. The van der Waals surface area contributed by atoms with Gasteiger partial charge in [0.25, 0.3) is 0 Å². The molecule has 0 bridgehead atoms. The predicted molar refractivity (Wildman–Crippen MR) is 67.1 cm³/mol. The van der Waals surface area contributed by atoms with Crippen LogP contribution in [0.3, 0.4) is 0 Å². The molecule has 1 N–H and O–H groups in total. The first kappa shape index (κ1) is 13.0. The zero-order valence-corrected chi connectivity index (χ0v) is 11.1. The van der Waals surface area contributed by atoms with E-state index in [0.29, 0.717) is 6.04 Å². The van der Waals surface area contributed by atoms with E-state index in [1.54, 1.807) is 0 Å². The van der Waals surface area contributed by atoms with Crippen LogP contribution < -0.4 is 5.32 Å². The van der Waals surface area contributed by atoms with Gasteiger partial charge in [-0.1, -0.05) is 20.8 Å². The van der Waals surface area contributed by atoms with Crippen molar-refractivity contribution in [1.82, 2.24) is 10.2 Å². The molecule has 0 aromatic rings. The van der Waals surface area contributed by atoms with Crippen molar-refractivity contribution >= 4 is 0 Å². The Kier molecular flexibility index (Phi) is 5.07. The first-order valence-electron chi connectivity index (χ1n) is 6.38. The highest BCUT2D eigenvalue weighted by atomic mass is 15.1. The molecule has 90 valence electrons. The Hall–Kier alpha value is -0.0800. The van der Waals surface area contributed by atoms with Crippen molar-refractivity contribution in [2.24, 2.45) is 11.8 Å². The molecule has 0 saturated heterocycles. The maximum atomic E-state index is 3.80. The van der Waals surface area contributed by atoms with Crippen LogP contribution in [-0.2, 0) is 0 Å². The summed E-state index contributed by atoms with van der Waals surface area (Å²) in [5, 5.41) is 3.80. The lowest BCUT2D eigenvalue weighted by atomic mass is 9.81. The largest absolute Gasteiger partial charge is 0.310 e. The van der Waals surface area contributed by atoms with E-state index < -0.39 is 0 Å². The molecular formula is C13H28N2. The fourth-order valence-electron chi connectivity index (χ4n) is 2.58. The molecule has 1 fully saturated rings. The molecule has 0 amide bonds. The van der Waals surface area contributed by atoms with E-state index in [2.05, 4.69) is 45.1 Å². The van der Waals surface area contributed by atoms with Gasteiger partial charge in [-0.25, -0.2) is 0 Å². The predicted octanol–water partition coefficient (Wildman–Crippen LogP) is 2.35. The van der Waals surface area contributed by atoms with Crippen LogP contribution in [-0.4, -0.2) is 37.6 Å². The second-order valence-electron chi connectivity index (χ2n) is 6.03. The van der Waals surface area contributed by atoms with Crippen molar-refractivity contribution in [1.29, 1.82) is 0 Å². The third-order valence-corrected chi connectivity index (χ3v) is 3.19. The zero-order chi connectivity index (χ0) is 11.4. The molecular weight excluding hydrogens is 184 g/mol. The topological polar surface area (TPSA) is 15.3 Å². The molecule has 1 aliphatic carbocycles. The highest BCUT2D eigenvalue weighted by molar-refractivity contribution is 4.86. The van der Waals surface area contributed by atoms with Gasteiger partial charge in [-0.15, -0.1) is 0 Å². The fourth-order valence-corrected chi connectivity index (χ4v) is 2.58. The van der Waals surface area contributed by atoms with Gasteiger partial charge in [-0.2, -0.15) is 0 Å². The van der Waals surface area contributed by atoms with Gasteiger partial charge in [0.1, 0.15) is 0 Å². The standard InChI is InChI=1S/C13H28N2/c1-10(2)6-13(9-15(4)5)14-12-7-11(3)8-12/h10-14H,6-9H2,1-5H3. The van der Waals surface area contributed by atoms with E-state index in [0.717, 1.165) is 17.9 Å². The lowest BCUT2D eigenvalue weighted by Gasteiger charge is -2.37. The Morgan fingerprint density at radius 3 is 2.27 bits per heavy atom. The first-order valence-corrected chi connectivity index (χ1v) is 6.38. The minimum atomic E-state index is 0.678.